The molecular weight excluding hydrogens is 232 g/mol. The van der Waals surface area contributed by atoms with Gasteiger partial charge in [-0.2, -0.15) is 0 Å². The van der Waals surface area contributed by atoms with Gasteiger partial charge in [0.2, 0.25) is 5.91 Å². The summed E-state index contributed by atoms with van der Waals surface area (Å²) in [6.07, 6.45) is 0.943. The normalized spacial score (nSPS) is 11.8. The average molecular weight is 250 g/mol. The zero-order valence-electron chi connectivity index (χ0n) is 10.1. The first-order valence-electron chi connectivity index (χ1n) is 5.88. The van der Waals surface area contributed by atoms with Crippen LogP contribution in [-0.2, 0) is 16.0 Å². The van der Waals surface area contributed by atoms with Crippen molar-refractivity contribution in [2.75, 3.05) is 6.54 Å². The highest BCUT2D eigenvalue weighted by molar-refractivity contribution is 5.81. The van der Waals surface area contributed by atoms with E-state index in [9.17, 15) is 9.59 Å². The highest BCUT2D eigenvalue weighted by atomic mass is 16.4. The number of nitrogens with one attached hydrogen (secondary N) is 1. The Morgan fingerprint density at radius 3 is 2.56 bits per heavy atom. The summed E-state index contributed by atoms with van der Waals surface area (Å²) in [5, 5.41) is 11.1. The van der Waals surface area contributed by atoms with E-state index in [0.29, 0.717) is 19.4 Å². The lowest BCUT2D eigenvalue weighted by Gasteiger charge is -2.11. The Labute approximate surface area is 106 Å². The Morgan fingerprint density at radius 2 is 1.94 bits per heavy atom. The molecular formula is C13H18N2O3. The van der Waals surface area contributed by atoms with Crippen molar-refractivity contribution in [3.8, 4) is 0 Å². The van der Waals surface area contributed by atoms with Gasteiger partial charge in [-0.1, -0.05) is 30.3 Å². The van der Waals surface area contributed by atoms with E-state index in [1.165, 1.54) is 0 Å². The van der Waals surface area contributed by atoms with Crippen LogP contribution in [0.2, 0.25) is 0 Å². The number of hydrogen-bond acceptors (Lipinski definition) is 3. The molecule has 0 saturated heterocycles. The molecule has 0 aliphatic rings. The summed E-state index contributed by atoms with van der Waals surface area (Å²) in [6.45, 7) is 0.341. The Hall–Kier alpha value is -1.88. The number of carbonyl (C=O) groups excluding carboxylic acids is 1. The van der Waals surface area contributed by atoms with E-state index in [1.807, 2.05) is 30.3 Å². The fourth-order valence-corrected chi connectivity index (χ4v) is 1.54. The van der Waals surface area contributed by atoms with Crippen LogP contribution in [0, 0.1) is 0 Å². The molecule has 0 aliphatic carbocycles. The van der Waals surface area contributed by atoms with Crippen molar-refractivity contribution in [3.63, 3.8) is 0 Å². The van der Waals surface area contributed by atoms with Crippen LogP contribution in [0.1, 0.15) is 18.4 Å². The third-order valence-electron chi connectivity index (χ3n) is 2.50. The molecule has 0 aliphatic heterocycles. The van der Waals surface area contributed by atoms with Crippen LogP contribution in [0.3, 0.4) is 0 Å². The first-order chi connectivity index (χ1) is 8.59. The van der Waals surface area contributed by atoms with Gasteiger partial charge in [-0.25, -0.2) is 0 Å². The maximum atomic E-state index is 11.6. The zero-order valence-corrected chi connectivity index (χ0v) is 10.1. The molecule has 0 bridgehead atoms. The summed E-state index contributed by atoms with van der Waals surface area (Å²) in [4.78, 5) is 21.9. The average Bonchev–Trinajstić information content (AvgIpc) is 2.35. The highest BCUT2D eigenvalue weighted by Crippen LogP contribution is 2.01. The number of carboxylic acids is 1. The van der Waals surface area contributed by atoms with Gasteiger partial charge in [-0.05, 0) is 18.4 Å². The van der Waals surface area contributed by atoms with Crippen LogP contribution in [0.25, 0.3) is 0 Å². The number of carboxylic acid groups (broad SMARTS) is 1. The van der Waals surface area contributed by atoms with Crippen molar-refractivity contribution < 1.29 is 14.7 Å². The number of benzene rings is 1. The third-order valence-corrected chi connectivity index (χ3v) is 2.50. The first kappa shape index (κ1) is 14.2. The predicted octanol–water partition coefficient (Wildman–Crippen LogP) is 0.537. The van der Waals surface area contributed by atoms with Gasteiger partial charge in [-0.3, -0.25) is 9.59 Å². The summed E-state index contributed by atoms with van der Waals surface area (Å²) in [5.41, 5.74) is 6.77. The maximum absolute atomic E-state index is 11.6. The second-order valence-electron chi connectivity index (χ2n) is 4.08. The van der Waals surface area contributed by atoms with Gasteiger partial charge in [0.05, 0.1) is 6.04 Å². The second kappa shape index (κ2) is 7.45. The van der Waals surface area contributed by atoms with Gasteiger partial charge in [0.1, 0.15) is 0 Å². The molecule has 5 nitrogen and oxygen atoms in total. The smallest absolute Gasteiger partial charge is 0.303 e. The van der Waals surface area contributed by atoms with Crippen molar-refractivity contribution in [3.05, 3.63) is 35.9 Å². The molecule has 0 spiro atoms. The lowest BCUT2D eigenvalue weighted by molar-refractivity contribution is -0.137. The SMILES string of the molecule is N[C@H](Cc1ccccc1)C(=O)NCCCC(=O)O. The Kier molecular flexibility index (Phi) is 5.87. The standard InChI is InChI=1S/C13H18N2O3/c14-11(9-10-5-2-1-3-6-10)13(18)15-8-4-7-12(16)17/h1-3,5-6,11H,4,7-9,14H2,(H,15,18)(H,16,17)/t11-/m1/s1. The van der Waals surface area contributed by atoms with Crippen LogP contribution in [0.4, 0.5) is 0 Å². The zero-order chi connectivity index (χ0) is 13.4. The molecule has 1 aromatic carbocycles. The number of aliphatic carboxylic acids is 1. The Bertz CT molecular complexity index is 392. The molecule has 1 amide bonds. The van der Waals surface area contributed by atoms with Gasteiger partial charge in [0.15, 0.2) is 0 Å². The van der Waals surface area contributed by atoms with Gasteiger partial charge < -0.3 is 16.2 Å². The largest absolute Gasteiger partial charge is 0.481 e. The molecule has 1 aromatic rings. The molecule has 4 N–H and O–H groups in total. The number of carbonyl (C=O) groups is 2. The van der Waals surface area contributed by atoms with Crippen molar-refractivity contribution in [1.29, 1.82) is 0 Å². The Morgan fingerprint density at radius 1 is 1.28 bits per heavy atom. The van der Waals surface area contributed by atoms with Crippen LogP contribution in [-0.4, -0.2) is 29.6 Å². The van der Waals surface area contributed by atoms with Crippen LogP contribution in [0.15, 0.2) is 30.3 Å². The summed E-state index contributed by atoms with van der Waals surface area (Å²) < 4.78 is 0. The molecule has 0 aromatic heterocycles. The molecule has 0 saturated carbocycles. The van der Waals surface area contributed by atoms with E-state index in [2.05, 4.69) is 5.32 Å². The van der Waals surface area contributed by atoms with E-state index in [0.717, 1.165) is 5.56 Å². The van der Waals surface area contributed by atoms with Crippen molar-refractivity contribution in [2.45, 2.75) is 25.3 Å². The monoisotopic (exact) mass is 250 g/mol. The van der Waals surface area contributed by atoms with E-state index >= 15 is 0 Å². The van der Waals surface area contributed by atoms with E-state index in [1.54, 1.807) is 0 Å². The lowest BCUT2D eigenvalue weighted by Crippen LogP contribution is -2.42. The van der Waals surface area contributed by atoms with E-state index in [4.69, 9.17) is 10.8 Å². The molecule has 98 valence electrons. The number of hydrogen-bond donors (Lipinski definition) is 3. The molecule has 0 fully saturated rings. The Balaban J connectivity index is 2.27. The molecule has 5 heteroatoms. The third kappa shape index (κ3) is 5.45. The minimum absolute atomic E-state index is 0.0498. The van der Waals surface area contributed by atoms with Crippen LogP contribution < -0.4 is 11.1 Å². The van der Waals surface area contributed by atoms with Crippen molar-refractivity contribution >= 4 is 11.9 Å². The fraction of sp³-hybridized carbons (Fsp3) is 0.385. The number of amides is 1. The predicted molar refractivity (Wildman–Crippen MR) is 68.0 cm³/mol. The topological polar surface area (TPSA) is 92.4 Å². The quantitative estimate of drug-likeness (QED) is 0.616. The summed E-state index contributed by atoms with van der Waals surface area (Å²) in [6, 6.07) is 8.92. The summed E-state index contributed by atoms with van der Waals surface area (Å²) in [7, 11) is 0. The van der Waals surface area contributed by atoms with Crippen molar-refractivity contribution in [1.82, 2.24) is 5.32 Å². The molecule has 1 rings (SSSR count). The van der Waals surface area contributed by atoms with Gasteiger partial charge >= 0.3 is 5.97 Å². The summed E-state index contributed by atoms with van der Waals surface area (Å²) in [5.74, 6) is -1.11. The van der Waals surface area contributed by atoms with E-state index < -0.39 is 12.0 Å². The van der Waals surface area contributed by atoms with Gasteiger partial charge in [0.25, 0.3) is 0 Å². The van der Waals surface area contributed by atoms with Gasteiger partial charge in [0, 0.05) is 13.0 Å². The highest BCUT2D eigenvalue weighted by Gasteiger charge is 2.13. The van der Waals surface area contributed by atoms with Crippen molar-refractivity contribution in [2.24, 2.45) is 5.73 Å². The molecule has 18 heavy (non-hydrogen) atoms. The maximum Gasteiger partial charge on any atom is 0.303 e. The second-order valence-corrected chi connectivity index (χ2v) is 4.08. The molecule has 1 atom stereocenters. The van der Waals surface area contributed by atoms with Crippen LogP contribution in [0.5, 0.6) is 0 Å². The fourth-order valence-electron chi connectivity index (χ4n) is 1.54. The number of nitrogens with two attached hydrogens (primary N) is 1. The van der Waals surface area contributed by atoms with Gasteiger partial charge in [-0.15, -0.1) is 0 Å². The molecule has 0 heterocycles. The van der Waals surface area contributed by atoms with Crippen LogP contribution >= 0.6 is 0 Å². The molecule has 0 unspecified atom stereocenters. The number of rotatable bonds is 7. The lowest BCUT2D eigenvalue weighted by atomic mass is 10.1. The van der Waals surface area contributed by atoms with E-state index in [-0.39, 0.29) is 12.3 Å². The molecule has 0 radical (unpaired) electrons. The minimum Gasteiger partial charge on any atom is -0.481 e. The minimum atomic E-state index is -0.863. The first-order valence-corrected chi connectivity index (χ1v) is 5.88. The summed E-state index contributed by atoms with van der Waals surface area (Å²) >= 11 is 0.